The van der Waals surface area contributed by atoms with Crippen molar-refractivity contribution in [2.45, 2.75) is 44.1 Å². The Kier molecular flexibility index (Phi) is 4.71. The average molecular weight is 290 g/mol. The summed E-state index contributed by atoms with van der Waals surface area (Å²) in [6.45, 7) is 0. The summed E-state index contributed by atoms with van der Waals surface area (Å²) < 4.78 is 26.3. The molecule has 0 aliphatic heterocycles. The van der Waals surface area contributed by atoms with E-state index in [0.717, 1.165) is 5.56 Å². The van der Waals surface area contributed by atoms with Crippen LogP contribution in [-0.4, -0.2) is 16.9 Å². The summed E-state index contributed by atoms with van der Waals surface area (Å²) in [5.74, 6) is 3.22. The first-order valence-electron chi connectivity index (χ1n) is 6.44. The predicted molar refractivity (Wildman–Crippen MR) is 71.0 cm³/mol. The van der Waals surface area contributed by atoms with Gasteiger partial charge in [0.15, 0.2) is 0 Å². The molecule has 0 spiro atoms. The van der Waals surface area contributed by atoms with E-state index in [4.69, 9.17) is 17.4 Å². The second kappa shape index (κ2) is 6.11. The standard InChI is InChI=1S/C13H18ClF2N3/c14-11-8-18-6-3-10(11)7-12(19-17)9-1-4-13(15,16)5-2-9/h3,6,8-9,12,19H,1-2,4-5,7,17H2. The molecular formula is C13H18ClF2N3. The molecule has 1 aromatic rings. The van der Waals surface area contributed by atoms with Crippen LogP contribution in [0, 0.1) is 5.92 Å². The molecule has 19 heavy (non-hydrogen) atoms. The van der Waals surface area contributed by atoms with Gasteiger partial charge in [-0.25, -0.2) is 8.78 Å². The maximum absolute atomic E-state index is 13.2. The number of nitrogens with one attached hydrogen (secondary N) is 1. The summed E-state index contributed by atoms with van der Waals surface area (Å²) in [4.78, 5) is 3.93. The number of alkyl halides is 2. The summed E-state index contributed by atoms with van der Waals surface area (Å²) in [6.07, 6.45) is 4.76. The van der Waals surface area contributed by atoms with E-state index < -0.39 is 5.92 Å². The van der Waals surface area contributed by atoms with Gasteiger partial charge in [0.25, 0.3) is 0 Å². The van der Waals surface area contributed by atoms with Gasteiger partial charge in [-0.1, -0.05) is 11.6 Å². The third kappa shape index (κ3) is 3.84. The molecule has 3 nitrogen and oxygen atoms in total. The Morgan fingerprint density at radius 3 is 2.74 bits per heavy atom. The third-order valence-electron chi connectivity index (χ3n) is 3.84. The van der Waals surface area contributed by atoms with E-state index in [0.29, 0.717) is 24.3 Å². The fraction of sp³-hybridized carbons (Fsp3) is 0.615. The monoisotopic (exact) mass is 289 g/mol. The number of hydrogen-bond acceptors (Lipinski definition) is 3. The molecule has 0 saturated heterocycles. The van der Waals surface area contributed by atoms with Gasteiger partial charge in [0.05, 0.1) is 5.02 Å². The molecular weight excluding hydrogens is 272 g/mol. The molecule has 1 atom stereocenters. The van der Waals surface area contributed by atoms with E-state index in [1.165, 1.54) is 0 Å². The van der Waals surface area contributed by atoms with Gasteiger partial charge in [-0.05, 0) is 36.8 Å². The van der Waals surface area contributed by atoms with Gasteiger partial charge in [-0.15, -0.1) is 0 Å². The third-order valence-corrected chi connectivity index (χ3v) is 4.18. The van der Waals surface area contributed by atoms with Crippen LogP contribution in [0.1, 0.15) is 31.2 Å². The SMILES string of the molecule is NNC(Cc1ccncc1Cl)C1CCC(F)(F)CC1. The number of hydrazine groups is 1. The number of aromatic nitrogens is 1. The average Bonchev–Trinajstić information content (AvgIpc) is 2.38. The maximum atomic E-state index is 13.2. The molecule has 1 aliphatic carbocycles. The van der Waals surface area contributed by atoms with Crippen LogP contribution in [0.4, 0.5) is 8.78 Å². The molecule has 1 unspecified atom stereocenters. The minimum Gasteiger partial charge on any atom is -0.271 e. The first-order valence-corrected chi connectivity index (χ1v) is 6.82. The Bertz CT molecular complexity index is 418. The Morgan fingerprint density at radius 1 is 1.47 bits per heavy atom. The lowest BCUT2D eigenvalue weighted by Gasteiger charge is -2.33. The first kappa shape index (κ1) is 14.6. The van der Waals surface area contributed by atoms with Crippen molar-refractivity contribution in [3.8, 4) is 0 Å². The smallest absolute Gasteiger partial charge is 0.248 e. The maximum Gasteiger partial charge on any atom is 0.248 e. The number of halogens is 3. The van der Waals surface area contributed by atoms with Crippen LogP contribution in [0.25, 0.3) is 0 Å². The largest absolute Gasteiger partial charge is 0.271 e. The Balaban J connectivity index is 1.99. The molecule has 3 N–H and O–H groups in total. The molecule has 1 aliphatic rings. The quantitative estimate of drug-likeness (QED) is 0.662. The van der Waals surface area contributed by atoms with Crippen molar-refractivity contribution >= 4 is 11.6 Å². The lowest BCUT2D eigenvalue weighted by molar-refractivity contribution is -0.0495. The Morgan fingerprint density at radius 2 is 2.16 bits per heavy atom. The van der Waals surface area contributed by atoms with Crippen molar-refractivity contribution < 1.29 is 8.78 Å². The molecule has 0 amide bonds. The summed E-state index contributed by atoms with van der Waals surface area (Å²) in [5.41, 5.74) is 3.69. The van der Waals surface area contributed by atoms with E-state index in [9.17, 15) is 8.78 Å². The molecule has 0 radical (unpaired) electrons. The van der Waals surface area contributed by atoms with Crippen molar-refractivity contribution in [3.63, 3.8) is 0 Å². The highest BCUT2D eigenvalue weighted by Gasteiger charge is 2.37. The zero-order chi connectivity index (χ0) is 13.9. The highest BCUT2D eigenvalue weighted by Crippen LogP contribution is 2.38. The minimum atomic E-state index is -2.51. The second-order valence-electron chi connectivity index (χ2n) is 5.14. The summed E-state index contributed by atoms with van der Waals surface area (Å²) in [6, 6.07) is 1.81. The molecule has 1 saturated carbocycles. The van der Waals surface area contributed by atoms with Crippen LogP contribution >= 0.6 is 11.6 Å². The highest BCUT2D eigenvalue weighted by molar-refractivity contribution is 6.31. The molecule has 106 valence electrons. The van der Waals surface area contributed by atoms with Crippen molar-refractivity contribution in [2.24, 2.45) is 11.8 Å². The fourth-order valence-electron chi connectivity index (χ4n) is 2.63. The highest BCUT2D eigenvalue weighted by atomic mass is 35.5. The van der Waals surface area contributed by atoms with E-state index in [2.05, 4.69) is 10.4 Å². The summed E-state index contributed by atoms with van der Waals surface area (Å²) >= 11 is 6.06. The van der Waals surface area contributed by atoms with E-state index in [-0.39, 0.29) is 24.8 Å². The zero-order valence-electron chi connectivity index (χ0n) is 10.6. The summed E-state index contributed by atoms with van der Waals surface area (Å²) in [7, 11) is 0. The lowest BCUT2D eigenvalue weighted by Crippen LogP contribution is -2.44. The minimum absolute atomic E-state index is 0.0315. The molecule has 2 rings (SSSR count). The van der Waals surface area contributed by atoms with Gasteiger partial charge in [-0.2, -0.15) is 0 Å². The van der Waals surface area contributed by atoms with Crippen LogP contribution in [0.2, 0.25) is 5.02 Å². The lowest BCUT2D eigenvalue weighted by atomic mass is 9.80. The number of nitrogens with two attached hydrogens (primary N) is 1. The molecule has 6 heteroatoms. The Hall–Kier alpha value is -0.780. The fourth-order valence-corrected chi connectivity index (χ4v) is 2.83. The van der Waals surface area contributed by atoms with Crippen LogP contribution in [0.5, 0.6) is 0 Å². The van der Waals surface area contributed by atoms with Gasteiger partial charge >= 0.3 is 0 Å². The summed E-state index contributed by atoms with van der Waals surface area (Å²) in [5, 5.41) is 0.587. The van der Waals surface area contributed by atoms with Crippen molar-refractivity contribution in [1.82, 2.24) is 10.4 Å². The van der Waals surface area contributed by atoms with Crippen molar-refractivity contribution in [2.75, 3.05) is 0 Å². The van der Waals surface area contributed by atoms with E-state index >= 15 is 0 Å². The topological polar surface area (TPSA) is 50.9 Å². The second-order valence-corrected chi connectivity index (χ2v) is 5.54. The van der Waals surface area contributed by atoms with Gasteiger partial charge in [0.1, 0.15) is 0 Å². The van der Waals surface area contributed by atoms with Crippen LogP contribution in [-0.2, 0) is 6.42 Å². The normalized spacial score (nSPS) is 21.3. The van der Waals surface area contributed by atoms with Gasteiger partial charge in [0.2, 0.25) is 5.92 Å². The number of hydrogen-bond donors (Lipinski definition) is 2. The zero-order valence-corrected chi connectivity index (χ0v) is 11.3. The Labute approximate surface area is 116 Å². The molecule has 1 aromatic heterocycles. The number of nitrogens with zero attached hydrogens (tertiary/aromatic N) is 1. The van der Waals surface area contributed by atoms with Crippen LogP contribution < -0.4 is 11.3 Å². The van der Waals surface area contributed by atoms with E-state index in [1.807, 2.05) is 6.07 Å². The van der Waals surface area contributed by atoms with Crippen molar-refractivity contribution in [1.29, 1.82) is 0 Å². The predicted octanol–water partition coefficient (Wildman–Crippen LogP) is 2.93. The molecule has 1 heterocycles. The number of pyridine rings is 1. The van der Waals surface area contributed by atoms with E-state index in [1.54, 1.807) is 12.4 Å². The van der Waals surface area contributed by atoms with Crippen LogP contribution in [0.3, 0.4) is 0 Å². The molecule has 0 aromatic carbocycles. The van der Waals surface area contributed by atoms with Gasteiger partial charge in [0, 0.05) is 31.3 Å². The number of rotatable bonds is 4. The first-order chi connectivity index (χ1) is 9.02. The van der Waals surface area contributed by atoms with Crippen molar-refractivity contribution in [3.05, 3.63) is 29.0 Å². The molecule has 1 fully saturated rings. The van der Waals surface area contributed by atoms with Gasteiger partial charge < -0.3 is 0 Å². The van der Waals surface area contributed by atoms with Gasteiger partial charge in [-0.3, -0.25) is 16.3 Å². The molecule has 0 bridgehead atoms. The van der Waals surface area contributed by atoms with Crippen LogP contribution in [0.15, 0.2) is 18.5 Å².